The van der Waals surface area contributed by atoms with Crippen LogP contribution < -0.4 is 0 Å². The van der Waals surface area contributed by atoms with Crippen LogP contribution in [-0.2, 0) is 12.3 Å². The molecule has 1 aromatic heterocycles. The molecule has 0 radical (unpaired) electrons. The van der Waals surface area contributed by atoms with E-state index in [9.17, 15) is 0 Å². The van der Waals surface area contributed by atoms with E-state index in [0.717, 1.165) is 29.9 Å². The first kappa shape index (κ1) is 15.8. The molecule has 2 fully saturated rings. The fraction of sp³-hybridized carbons (Fsp3) is 0.824. The van der Waals surface area contributed by atoms with Crippen LogP contribution in [0, 0.1) is 17.8 Å². The van der Waals surface area contributed by atoms with Gasteiger partial charge >= 0.3 is 0 Å². The molecule has 2 nitrogen and oxygen atoms in total. The highest BCUT2D eigenvalue weighted by atomic mass is 35.5. The molecule has 1 aromatic rings. The summed E-state index contributed by atoms with van der Waals surface area (Å²) < 4.78 is 0. The molecule has 0 aliphatic heterocycles. The highest BCUT2D eigenvalue weighted by molar-refractivity contribution is 7.09. The second-order valence-corrected chi connectivity index (χ2v) is 8.23. The fourth-order valence-electron chi connectivity index (χ4n) is 4.27. The molecular formula is C17H27ClN2S. The van der Waals surface area contributed by atoms with Gasteiger partial charge in [-0.3, -0.25) is 0 Å². The second kappa shape index (κ2) is 7.43. The van der Waals surface area contributed by atoms with Gasteiger partial charge in [-0.2, -0.15) is 0 Å². The van der Waals surface area contributed by atoms with Gasteiger partial charge in [0.15, 0.2) is 0 Å². The largest absolute Gasteiger partial charge is 0.306 e. The van der Waals surface area contributed by atoms with E-state index < -0.39 is 0 Å². The third-order valence-electron chi connectivity index (χ3n) is 5.35. The smallest absolute Gasteiger partial charge is 0.0928 e. The maximum absolute atomic E-state index is 5.79. The van der Waals surface area contributed by atoms with Crippen LogP contribution >= 0.6 is 22.9 Å². The lowest BCUT2D eigenvalue weighted by atomic mass is 9.88. The monoisotopic (exact) mass is 326 g/mol. The number of nitrogens with zero attached hydrogens (tertiary/aromatic N) is 2. The van der Waals surface area contributed by atoms with E-state index in [2.05, 4.69) is 22.3 Å². The average Bonchev–Trinajstić information content (AvgIpc) is 3.19. The van der Waals surface area contributed by atoms with Gasteiger partial charge in [0.05, 0.1) is 16.6 Å². The molecule has 3 rings (SSSR count). The van der Waals surface area contributed by atoms with E-state index in [-0.39, 0.29) is 0 Å². The Morgan fingerprint density at radius 2 is 2.24 bits per heavy atom. The van der Waals surface area contributed by atoms with Gasteiger partial charge in [0, 0.05) is 11.9 Å². The zero-order chi connectivity index (χ0) is 14.7. The highest BCUT2D eigenvalue weighted by Gasteiger charge is 2.39. The van der Waals surface area contributed by atoms with Crippen molar-refractivity contribution in [2.45, 2.75) is 50.8 Å². The summed E-state index contributed by atoms with van der Waals surface area (Å²) in [6, 6.07) is 0. The van der Waals surface area contributed by atoms with E-state index in [4.69, 9.17) is 11.6 Å². The molecular weight excluding hydrogens is 300 g/mol. The summed E-state index contributed by atoms with van der Waals surface area (Å²) in [5.74, 6) is 3.68. The quantitative estimate of drug-likeness (QED) is 0.514. The van der Waals surface area contributed by atoms with E-state index >= 15 is 0 Å². The molecule has 0 saturated heterocycles. The van der Waals surface area contributed by atoms with Gasteiger partial charge in [-0.1, -0.05) is 6.42 Å². The normalized spacial score (nSPS) is 27.9. The van der Waals surface area contributed by atoms with E-state index in [1.54, 1.807) is 11.3 Å². The Kier molecular flexibility index (Phi) is 5.58. The fourth-order valence-corrected chi connectivity index (χ4v) is 5.34. The summed E-state index contributed by atoms with van der Waals surface area (Å²) in [5.41, 5.74) is 1.03. The molecule has 118 valence electrons. The third kappa shape index (κ3) is 4.20. The standard InChI is InChI=1S/C17H27ClN2S/c1-20(11-15-9-13-5-6-14(15)8-13)7-3-2-4-17-19-16(10-18)12-21-17/h12-15H,2-11H2,1H3. The van der Waals surface area contributed by atoms with Crippen molar-refractivity contribution in [1.82, 2.24) is 9.88 Å². The lowest BCUT2D eigenvalue weighted by Gasteiger charge is -2.27. The van der Waals surface area contributed by atoms with Crippen LogP contribution in [-0.4, -0.2) is 30.0 Å². The second-order valence-electron chi connectivity index (χ2n) is 7.02. The van der Waals surface area contributed by atoms with Crippen LogP contribution in [0.5, 0.6) is 0 Å². The van der Waals surface area contributed by atoms with Crippen molar-refractivity contribution in [2.75, 3.05) is 20.1 Å². The molecule has 1 heterocycles. The third-order valence-corrected chi connectivity index (χ3v) is 6.58. The van der Waals surface area contributed by atoms with Crippen LogP contribution in [0.1, 0.15) is 49.2 Å². The minimum atomic E-state index is 0.544. The minimum Gasteiger partial charge on any atom is -0.306 e. The van der Waals surface area contributed by atoms with Crippen LogP contribution in [0.15, 0.2) is 5.38 Å². The van der Waals surface area contributed by atoms with Gasteiger partial charge in [0.1, 0.15) is 0 Å². The topological polar surface area (TPSA) is 16.1 Å². The number of halogens is 1. The minimum absolute atomic E-state index is 0.544. The average molecular weight is 327 g/mol. The van der Waals surface area contributed by atoms with Gasteiger partial charge in [-0.15, -0.1) is 22.9 Å². The number of rotatable bonds is 8. The molecule has 0 N–H and O–H groups in total. The lowest BCUT2D eigenvalue weighted by Crippen LogP contribution is -2.29. The maximum atomic E-state index is 5.79. The zero-order valence-corrected chi connectivity index (χ0v) is 14.6. The van der Waals surface area contributed by atoms with Gasteiger partial charge in [0.2, 0.25) is 0 Å². The number of unbranched alkanes of at least 4 members (excludes halogenated alkanes) is 1. The number of aromatic nitrogens is 1. The molecule has 2 saturated carbocycles. The van der Waals surface area contributed by atoms with Crippen molar-refractivity contribution < 1.29 is 0 Å². The Bertz CT molecular complexity index is 448. The van der Waals surface area contributed by atoms with Crippen molar-refractivity contribution in [1.29, 1.82) is 0 Å². The summed E-state index contributed by atoms with van der Waals surface area (Å²) in [5, 5.41) is 3.34. The molecule has 2 aliphatic rings. The summed E-state index contributed by atoms with van der Waals surface area (Å²) in [6.07, 6.45) is 9.72. The van der Waals surface area contributed by atoms with Crippen LogP contribution in [0.4, 0.5) is 0 Å². The van der Waals surface area contributed by atoms with Crippen LogP contribution in [0.2, 0.25) is 0 Å². The number of hydrogen-bond donors (Lipinski definition) is 0. The Morgan fingerprint density at radius 3 is 2.90 bits per heavy atom. The zero-order valence-electron chi connectivity index (χ0n) is 13.1. The highest BCUT2D eigenvalue weighted by Crippen LogP contribution is 2.48. The predicted molar refractivity (Wildman–Crippen MR) is 91.0 cm³/mol. The molecule has 3 atom stereocenters. The Morgan fingerprint density at radius 1 is 1.33 bits per heavy atom. The SMILES string of the molecule is CN(CCCCc1nc(CCl)cs1)CC1CC2CCC1C2. The van der Waals surface area contributed by atoms with E-state index in [0.29, 0.717) is 5.88 Å². The molecule has 2 aliphatic carbocycles. The summed E-state index contributed by atoms with van der Waals surface area (Å²) >= 11 is 7.55. The van der Waals surface area contributed by atoms with Gasteiger partial charge in [-0.05, 0) is 69.9 Å². The first-order valence-corrected chi connectivity index (χ1v) is 9.83. The Hall–Kier alpha value is -0.120. The number of aryl methyl sites for hydroxylation is 1. The number of thiazole rings is 1. The summed E-state index contributed by atoms with van der Waals surface area (Å²) in [7, 11) is 2.31. The van der Waals surface area contributed by atoms with Crippen molar-refractivity contribution >= 4 is 22.9 Å². The molecule has 2 bridgehead atoms. The molecule has 3 unspecified atom stereocenters. The molecule has 0 aromatic carbocycles. The summed E-state index contributed by atoms with van der Waals surface area (Å²) in [6.45, 7) is 2.57. The molecule has 21 heavy (non-hydrogen) atoms. The molecule has 0 spiro atoms. The predicted octanol–water partition coefficient (Wildman–Crippen LogP) is 4.57. The molecule has 4 heteroatoms. The number of alkyl halides is 1. The van der Waals surface area contributed by atoms with Gasteiger partial charge in [0.25, 0.3) is 0 Å². The van der Waals surface area contributed by atoms with E-state index in [1.165, 1.54) is 56.6 Å². The maximum Gasteiger partial charge on any atom is 0.0928 e. The first-order chi connectivity index (χ1) is 10.2. The number of hydrogen-bond acceptors (Lipinski definition) is 3. The lowest BCUT2D eigenvalue weighted by molar-refractivity contribution is 0.217. The van der Waals surface area contributed by atoms with Gasteiger partial charge < -0.3 is 4.90 Å². The first-order valence-electron chi connectivity index (χ1n) is 8.42. The Labute approximate surface area is 137 Å². The number of fused-ring (bicyclic) bond motifs is 2. The summed E-state index contributed by atoms with van der Waals surface area (Å²) in [4.78, 5) is 7.09. The van der Waals surface area contributed by atoms with Crippen molar-refractivity contribution in [3.05, 3.63) is 16.1 Å². The van der Waals surface area contributed by atoms with Crippen LogP contribution in [0.25, 0.3) is 0 Å². The van der Waals surface area contributed by atoms with Crippen LogP contribution in [0.3, 0.4) is 0 Å². The van der Waals surface area contributed by atoms with Gasteiger partial charge in [-0.25, -0.2) is 4.98 Å². The Balaban J connectivity index is 1.30. The van der Waals surface area contributed by atoms with Crippen molar-refractivity contribution in [2.24, 2.45) is 17.8 Å². The van der Waals surface area contributed by atoms with Crippen molar-refractivity contribution in [3.8, 4) is 0 Å². The molecule has 0 amide bonds. The van der Waals surface area contributed by atoms with E-state index in [1.807, 2.05) is 0 Å². The van der Waals surface area contributed by atoms with Crippen molar-refractivity contribution in [3.63, 3.8) is 0 Å².